The molecule has 10 heavy (non-hydrogen) atoms. The zero-order valence-electron chi connectivity index (χ0n) is 6.00. The predicted molar refractivity (Wildman–Crippen MR) is 39.9 cm³/mol. The Bertz CT molecular complexity index is 187. The molecule has 0 aliphatic carbocycles. The first kappa shape index (κ1) is 7.06. The summed E-state index contributed by atoms with van der Waals surface area (Å²) in [6.45, 7) is 3.76. The highest BCUT2D eigenvalue weighted by Crippen LogP contribution is 2.14. The largest absolute Gasteiger partial charge is 0.495 e. The van der Waals surface area contributed by atoms with Gasteiger partial charge in [-0.2, -0.15) is 0 Å². The molecule has 0 saturated carbocycles. The molecule has 0 atom stereocenters. The highest BCUT2D eigenvalue weighted by molar-refractivity contribution is 5.29. The summed E-state index contributed by atoms with van der Waals surface area (Å²) in [5.41, 5.74) is 1.09. The molecule has 53 valence electrons. The van der Waals surface area contributed by atoms with Crippen LogP contribution in [-0.2, 0) is 6.42 Å². The number of rotatable bonds is 2. The van der Waals surface area contributed by atoms with Crippen LogP contribution < -0.4 is 4.74 Å². The molecule has 0 saturated heterocycles. The Labute approximate surface area is 60.9 Å². The zero-order valence-corrected chi connectivity index (χ0v) is 6.00. The minimum absolute atomic E-state index is 0.742. The highest BCUT2D eigenvalue weighted by Gasteiger charge is 1.96. The summed E-state index contributed by atoms with van der Waals surface area (Å²) in [4.78, 5) is 3.91. The van der Waals surface area contributed by atoms with Crippen molar-refractivity contribution in [1.82, 2.24) is 4.98 Å². The summed E-state index contributed by atoms with van der Waals surface area (Å²) in [5, 5.41) is 0. The average molecular weight is 136 g/mol. The smallest absolute Gasteiger partial charge is 0.140 e. The Hall–Kier alpha value is -1.05. The maximum absolute atomic E-state index is 5.03. The molecule has 1 aromatic heterocycles. The van der Waals surface area contributed by atoms with Gasteiger partial charge >= 0.3 is 0 Å². The number of nitrogens with zero attached hydrogens (tertiary/aromatic N) is 1. The number of methoxy groups -OCH3 is 1. The van der Waals surface area contributed by atoms with Crippen molar-refractivity contribution in [2.24, 2.45) is 0 Å². The third kappa shape index (κ3) is 1.26. The first-order chi connectivity index (χ1) is 4.88. The molecular formula is C8H10NO. The van der Waals surface area contributed by atoms with E-state index in [4.69, 9.17) is 4.74 Å². The van der Waals surface area contributed by atoms with E-state index >= 15 is 0 Å². The van der Waals surface area contributed by atoms with Crippen molar-refractivity contribution in [3.05, 3.63) is 30.9 Å². The summed E-state index contributed by atoms with van der Waals surface area (Å²) in [6.07, 6.45) is 4.18. The SMILES string of the molecule is [CH2]Cc1ccncc1OC. The van der Waals surface area contributed by atoms with Gasteiger partial charge in [0.25, 0.3) is 0 Å². The van der Waals surface area contributed by atoms with Gasteiger partial charge in [-0.15, -0.1) is 0 Å². The van der Waals surface area contributed by atoms with Crippen LogP contribution in [0.3, 0.4) is 0 Å². The second-order valence-electron chi connectivity index (χ2n) is 1.94. The van der Waals surface area contributed by atoms with Gasteiger partial charge in [-0.05, 0) is 25.0 Å². The maximum Gasteiger partial charge on any atom is 0.140 e. The maximum atomic E-state index is 5.03. The average Bonchev–Trinajstić information content (AvgIpc) is 2.04. The Morgan fingerprint density at radius 1 is 1.70 bits per heavy atom. The van der Waals surface area contributed by atoms with Crippen molar-refractivity contribution >= 4 is 0 Å². The van der Waals surface area contributed by atoms with Crippen LogP contribution in [0.4, 0.5) is 0 Å². The third-order valence-corrected chi connectivity index (χ3v) is 1.36. The molecule has 0 bridgehead atoms. The lowest BCUT2D eigenvalue weighted by atomic mass is 10.2. The lowest BCUT2D eigenvalue weighted by Gasteiger charge is -2.02. The molecule has 0 spiro atoms. The van der Waals surface area contributed by atoms with E-state index < -0.39 is 0 Å². The topological polar surface area (TPSA) is 22.1 Å². The fourth-order valence-electron chi connectivity index (χ4n) is 0.799. The van der Waals surface area contributed by atoms with Crippen LogP contribution in [-0.4, -0.2) is 12.1 Å². The van der Waals surface area contributed by atoms with Gasteiger partial charge in [0.2, 0.25) is 0 Å². The lowest BCUT2D eigenvalue weighted by molar-refractivity contribution is 0.408. The molecular weight excluding hydrogens is 126 g/mol. The van der Waals surface area contributed by atoms with Gasteiger partial charge in [-0.25, -0.2) is 0 Å². The Morgan fingerprint density at radius 2 is 2.50 bits per heavy atom. The fourth-order valence-corrected chi connectivity index (χ4v) is 0.799. The first-order valence-corrected chi connectivity index (χ1v) is 3.14. The van der Waals surface area contributed by atoms with Crippen molar-refractivity contribution in [3.63, 3.8) is 0 Å². The summed E-state index contributed by atoms with van der Waals surface area (Å²) in [5.74, 6) is 0.817. The second-order valence-corrected chi connectivity index (χ2v) is 1.94. The summed E-state index contributed by atoms with van der Waals surface area (Å²) in [7, 11) is 1.64. The minimum Gasteiger partial charge on any atom is -0.495 e. The van der Waals surface area contributed by atoms with Crippen LogP contribution in [0.1, 0.15) is 5.56 Å². The van der Waals surface area contributed by atoms with Crippen LogP contribution in [0, 0.1) is 6.92 Å². The molecule has 0 aromatic carbocycles. The third-order valence-electron chi connectivity index (χ3n) is 1.36. The molecule has 0 fully saturated rings. The zero-order chi connectivity index (χ0) is 7.40. The summed E-state index contributed by atoms with van der Waals surface area (Å²) < 4.78 is 5.03. The number of pyridine rings is 1. The lowest BCUT2D eigenvalue weighted by Crippen LogP contribution is -1.90. The molecule has 1 rings (SSSR count). The van der Waals surface area contributed by atoms with Gasteiger partial charge in [0.05, 0.1) is 13.3 Å². The van der Waals surface area contributed by atoms with Crippen LogP contribution in [0.25, 0.3) is 0 Å². The Balaban J connectivity index is 2.96. The number of hydrogen-bond acceptors (Lipinski definition) is 2. The van der Waals surface area contributed by atoms with E-state index in [0.717, 1.165) is 17.7 Å². The number of hydrogen-bond donors (Lipinski definition) is 0. The highest BCUT2D eigenvalue weighted by atomic mass is 16.5. The second kappa shape index (κ2) is 3.20. The number of ether oxygens (including phenoxy) is 1. The standard InChI is InChI=1S/C8H10NO/c1-3-7-4-5-9-6-8(7)10-2/h4-6H,1,3H2,2H3. The monoisotopic (exact) mass is 136 g/mol. The van der Waals surface area contributed by atoms with Crippen molar-refractivity contribution in [3.8, 4) is 5.75 Å². The first-order valence-electron chi connectivity index (χ1n) is 3.14. The van der Waals surface area contributed by atoms with Gasteiger partial charge < -0.3 is 4.74 Å². The van der Waals surface area contributed by atoms with Gasteiger partial charge in [0, 0.05) is 6.20 Å². The van der Waals surface area contributed by atoms with Crippen LogP contribution in [0.15, 0.2) is 18.5 Å². The van der Waals surface area contributed by atoms with Gasteiger partial charge in [0.15, 0.2) is 0 Å². The summed E-state index contributed by atoms with van der Waals surface area (Å²) >= 11 is 0. The van der Waals surface area contributed by atoms with Gasteiger partial charge in [0.1, 0.15) is 5.75 Å². The molecule has 1 aromatic rings. The van der Waals surface area contributed by atoms with E-state index in [0.29, 0.717) is 0 Å². The van der Waals surface area contributed by atoms with E-state index in [-0.39, 0.29) is 0 Å². The van der Waals surface area contributed by atoms with E-state index in [1.165, 1.54) is 0 Å². The van der Waals surface area contributed by atoms with Crippen LogP contribution in [0.2, 0.25) is 0 Å². The van der Waals surface area contributed by atoms with Crippen LogP contribution >= 0.6 is 0 Å². The fraction of sp³-hybridized carbons (Fsp3) is 0.250. The van der Waals surface area contributed by atoms with Gasteiger partial charge in [-0.3, -0.25) is 4.98 Å². The van der Waals surface area contributed by atoms with Crippen molar-refractivity contribution in [2.45, 2.75) is 6.42 Å². The summed E-state index contributed by atoms with van der Waals surface area (Å²) in [6, 6.07) is 1.91. The molecule has 1 radical (unpaired) electrons. The predicted octanol–water partition coefficient (Wildman–Crippen LogP) is 1.47. The molecule has 0 amide bonds. The molecule has 0 N–H and O–H groups in total. The van der Waals surface area contributed by atoms with E-state index in [2.05, 4.69) is 11.9 Å². The van der Waals surface area contributed by atoms with E-state index in [1.54, 1.807) is 19.5 Å². The quantitative estimate of drug-likeness (QED) is 0.614. The minimum atomic E-state index is 0.742. The van der Waals surface area contributed by atoms with Crippen molar-refractivity contribution in [1.29, 1.82) is 0 Å². The molecule has 1 heterocycles. The normalized spacial score (nSPS) is 9.40. The van der Waals surface area contributed by atoms with Crippen LogP contribution in [0.5, 0.6) is 5.75 Å². The molecule has 0 aliphatic rings. The van der Waals surface area contributed by atoms with Crippen molar-refractivity contribution < 1.29 is 4.74 Å². The molecule has 0 aliphatic heterocycles. The Morgan fingerprint density at radius 3 is 3.00 bits per heavy atom. The van der Waals surface area contributed by atoms with Gasteiger partial charge in [-0.1, -0.05) is 0 Å². The molecule has 2 heteroatoms. The van der Waals surface area contributed by atoms with E-state index in [9.17, 15) is 0 Å². The van der Waals surface area contributed by atoms with Crippen molar-refractivity contribution in [2.75, 3.05) is 7.11 Å². The Kier molecular flexibility index (Phi) is 2.26. The molecule has 0 unspecified atom stereocenters. The number of aromatic nitrogens is 1. The molecule has 2 nitrogen and oxygen atoms in total. The van der Waals surface area contributed by atoms with E-state index in [1.807, 2.05) is 6.07 Å².